The van der Waals surface area contributed by atoms with Gasteiger partial charge in [0.2, 0.25) is 5.60 Å². The molecule has 0 bridgehead atoms. The summed E-state index contributed by atoms with van der Waals surface area (Å²) in [7, 11) is -3.91. The van der Waals surface area contributed by atoms with Crippen molar-refractivity contribution >= 4 is 33.0 Å². The van der Waals surface area contributed by atoms with E-state index >= 15 is 0 Å². The molecule has 1 rings (SSSR count). The number of hydrogen-bond donors (Lipinski definition) is 3. The number of amides is 1. The first-order chi connectivity index (χ1) is 11.0. The summed E-state index contributed by atoms with van der Waals surface area (Å²) < 4.78 is 62.1. The van der Waals surface area contributed by atoms with E-state index in [1.807, 2.05) is 0 Å². The molecule has 0 spiro atoms. The lowest BCUT2D eigenvalue weighted by atomic mass is 10.1. The Labute approximate surface area is 147 Å². The molecule has 0 aliphatic heterocycles. The Morgan fingerprint density at radius 2 is 1.72 bits per heavy atom. The second kappa shape index (κ2) is 6.75. The van der Waals surface area contributed by atoms with Crippen molar-refractivity contribution in [1.29, 1.82) is 0 Å². The minimum atomic E-state index is -5.21. The molecule has 3 N–H and O–H groups in total. The van der Waals surface area contributed by atoms with Crippen molar-refractivity contribution < 1.29 is 36.6 Å². The second-order valence-corrected chi connectivity index (χ2v) is 8.63. The molecular formula is C14H17ClF3NO5S. The molecule has 0 saturated carbocycles. The number of nitrogens with one attached hydrogen (secondary N) is 1. The van der Waals surface area contributed by atoms with Crippen molar-refractivity contribution in [3.63, 3.8) is 0 Å². The molecule has 1 atom stereocenters. The second-order valence-electron chi connectivity index (χ2n) is 6.24. The zero-order valence-corrected chi connectivity index (χ0v) is 15.1. The largest absolute Gasteiger partial charge is 0.426 e. The first kappa shape index (κ1) is 21.7. The molecule has 0 heterocycles. The number of aliphatic hydroxyl groups is 2. The summed E-state index contributed by atoms with van der Waals surface area (Å²) >= 11 is 5.81. The minimum absolute atomic E-state index is 0.276. The van der Waals surface area contributed by atoms with Crippen LogP contribution in [-0.4, -0.2) is 47.7 Å². The fourth-order valence-electron chi connectivity index (χ4n) is 1.71. The van der Waals surface area contributed by atoms with Gasteiger partial charge in [-0.1, -0.05) is 11.6 Å². The van der Waals surface area contributed by atoms with Gasteiger partial charge in [-0.2, -0.15) is 13.2 Å². The van der Waals surface area contributed by atoms with Crippen LogP contribution in [0.2, 0.25) is 5.02 Å². The summed E-state index contributed by atoms with van der Waals surface area (Å²) in [5, 5.41) is 20.4. The highest BCUT2D eigenvalue weighted by Crippen LogP contribution is 2.33. The number of halogens is 4. The standard InChI is InChI=1S/C14H17ClF3NO5S/c1-12(2,21)7-25(23,24)8-4-5-10(9(15)6-8)19-11(20)13(3,22)14(16,17)18/h4-6,21-22H,7H2,1-3H3,(H,19,20)/t13-/m1/s1. The number of alkyl halides is 3. The number of carbonyl (C=O) groups is 1. The fraction of sp³-hybridized carbons (Fsp3) is 0.500. The van der Waals surface area contributed by atoms with Gasteiger partial charge >= 0.3 is 6.18 Å². The zero-order chi connectivity index (χ0) is 19.8. The van der Waals surface area contributed by atoms with Crippen LogP contribution in [0.5, 0.6) is 0 Å². The van der Waals surface area contributed by atoms with Crippen molar-refractivity contribution in [2.45, 2.75) is 43.0 Å². The monoisotopic (exact) mass is 403 g/mol. The van der Waals surface area contributed by atoms with Gasteiger partial charge in [0.1, 0.15) is 0 Å². The Hall–Kier alpha value is -1.36. The Bertz CT molecular complexity index is 770. The van der Waals surface area contributed by atoms with Gasteiger partial charge in [-0.3, -0.25) is 4.79 Å². The molecule has 0 saturated heterocycles. The van der Waals surface area contributed by atoms with Gasteiger partial charge in [-0.15, -0.1) is 0 Å². The Kier molecular flexibility index (Phi) is 5.85. The third kappa shape index (κ3) is 5.30. The highest BCUT2D eigenvalue weighted by atomic mass is 35.5. The van der Waals surface area contributed by atoms with Crippen LogP contribution in [0.25, 0.3) is 0 Å². The van der Waals surface area contributed by atoms with Crippen LogP contribution in [-0.2, 0) is 14.6 Å². The summed E-state index contributed by atoms with van der Waals surface area (Å²) in [6, 6.07) is 2.94. The molecular weight excluding hydrogens is 387 g/mol. The Morgan fingerprint density at radius 3 is 2.12 bits per heavy atom. The minimum Gasteiger partial charge on any atom is -0.389 e. The number of hydrogen-bond acceptors (Lipinski definition) is 5. The van der Waals surface area contributed by atoms with Gasteiger partial charge in [-0.05, 0) is 39.0 Å². The van der Waals surface area contributed by atoms with E-state index in [0.717, 1.165) is 18.2 Å². The topological polar surface area (TPSA) is 104 Å². The van der Waals surface area contributed by atoms with Gasteiger partial charge in [0.05, 0.1) is 27.0 Å². The molecule has 0 radical (unpaired) electrons. The number of carbonyl (C=O) groups excluding carboxylic acids is 1. The first-order valence-corrected chi connectivity index (χ1v) is 8.86. The van der Waals surface area contributed by atoms with Gasteiger partial charge in [-0.25, -0.2) is 8.42 Å². The Balaban J connectivity index is 3.11. The van der Waals surface area contributed by atoms with E-state index in [2.05, 4.69) is 0 Å². The van der Waals surface area contributed by atoms with Crippen molar-refractivity contribution in [2.24, 2.45) is 0 Å². The average molecular weight is 404 g/mol. The van der Waals surface area contributed by atoms with E-state index in [1.54, 1.807) is 5.32 Å². The van der Waals surface area contributed by atoms with Crippen molar-refractivity contribution in [3.8, 4) is 0 Å². The number of rotatable bonds is 5. The SMILES string of the molecule is CC(C)(O)CS(=O)(=O)c1ccc(NC(=O)[C@@](C)(O)C(F)(F)F)c(Cl)c1. The maximum Gasteiger partial charge on any atom is 0.426 e. The molecule has 0 fully saturated rings. The van der Waals surface area contributed by atoms with E-state index < -0.39 is 38.9 Å². The molecule has 11 heteroatoms. The summed E-state index contributed by atoms with van der Waals surface area (Å²) in [4.78, 5) is 11.3. The van der Waals surface area contributed by atoms with Crippen LogP contribution in [0.1, 0.15) is 20.8 Å². The van der Waals surface area contributed by atoms with Crippen molar-refractivity contribution in [3.05, 3.63) is 23.2 Å². The summed E-state index contributed by atoms with van der Waals surface area (Å²) in [6.07, 6.45) is -5.21. The third-order valence-electron chi connectivity index (χ3n) is 3.09. The number of anilines is 1. The molecule has 25 heavy (non-hydrogen) atoms. The predicted molar refractivity (Wildman–Crippen MR) is 85.1 cm³/mol. The summed E-state index contributed by atoms with van der Waals surface area (Å²) in [5.41, 5.74) is -5.47. The molecule has 142 valence electrons. The lowest BCUT2D eigenvalue weighted by Crippen LogP contribution is -2.52. The van der Waals surface area contributed by atoms with Crippen LogP contribution in [0, 0.1) is 0 Å². The van der Waals surface area contributed by atoms with Crippen LogP contribution in [0.15, 0.2) is 23.1 Å². The van der Waals surface area contributed by atoms with Gasteiger partial charge in [0.15, 0.2) is 9.84 Å². The van der Waals surface area contributed by atoms with E-state index in [4.69, 9.17) is 11.6 Å². The maximum atomic E-state index is 12.6. The van der Waals surface area contributed by atoms with Crippen LogP contribution in [0.4, 0.5) is 18.9 Å². The fourth-order valence-corrected chi connectivity index (χ4v) is 3.67. The highest BCUT2D eigenvalue weighted by molar-refractivity contribution is 7.91. The van der Waals surface area contributed by atoms with Crippen LogP contribution >= 0.6 is 11.6 Å². The summed E-state index contributed by atoms with van der Waals surface area (Å²) in [6.45, 7) is 2.86. The zero-order valence-electron chi connectivity index (χ0n) is 13.5. The highest BCUT2D eigenvalue weighted by Gasteiger charge is 2.55. The molecule has 6 nitrogen and oxygen atoms in total. The van der Waals surface area contributed by atoms with Crippen molar-refractivity contribution in [1.82, 2.24) is 0 Å². The van der Waals surface area contributed by atoms with E-state index in [0.29, 0.717) is 0 Å². The quantitative estimate of drug-likeness (QED) is 0.698. The summed E-state index contributed by atoms with van der Waals surface area (Å²) in [5.74, 6) is -2.38. The lowest BCUT2D eigenvalue weighted by molar-refractivity contribution is -0.242. The van der Waals surface area contributed by atoms with E-state index in [1.165, 1.54) is 13.8 Å². The molecule has 1 aromatic carbocycles. The molecule has 1 aromatic rings. The van der Waals surface area contributed by atoms with Crippen LogP contribution in [0.3, 0.4) is 0 Å². The first-order valence-electron chi connectivity index (χ1n) is 6.82. The molecule has 0 aromatic heterocycles. The molecule has 0 aliphatic rings. The van der Waals surface area contributed by atoms with Gasteiger partial charge in [0, 0.05) is 0 Å². The third-order valence-corrected chi connectivity index (χ3v) is 5.46. The average Bonchev–Trinajstić information content (AvgIpc) is 2.36. The van der Waals surface area contributed by atoms with Crippen molar-refractivity contribution in [2.75, 3.05) is 11.1 Å². The number of benzene rings is 1. The molecule has 1 amide bonds. The molecule has 0 aliphatic carbocycles. The van der Waals surface area contributed by atoms with Crippen LogP contribution < -0.4 is 5.32 Å². The Morgan fingerprint density at radius 1 is 1.20 bits per heavy atom. The maximum absolute atomic E-state index is 12.6. The van der Waals surface area contributed by atoms with Gasteiger partial charge < -0.3 is 15.5 Å². The van der Waals surface area contributed by atoms with E-state index in [9.17, 15) is 36.6 Å². The predicted octanol–water partition coefficient (Wildman–Crippen LogP) is 2.14. The molecule has 0 unspecified atom stereocenters. The smallest absolute Gasteiger partial charge is 0.389 e. The van der Waals surface area contributed by atoms with Gasteiger partial charge in [0.25, 0.3) is 5.91 Å². The number of sulfone groups is 1. The van der Waals surface area contributed by atoms with E-state index in [-0.39, 0.29) is 22.5 Å². The normalized spacial score (nSPS) is 15.6. The lowest BCUT2D eigenvalue weighted by Gasteiger charge is -2.25.